The number of amides is 1. The Hall–Kier alpha value is -1.77. The van der Waals surface area contributed by atoms with E-state index in [1.54, 1.807) is 0 Å². The van der Waals surface area contributed by atoms with Gasteiger partial charge in [0.1, 0.15) is 19.3 Å². The van der Waals surface area contributed by atoms with Crippen molar-refractivity contribution in [2.24, 2.45) is 0 Å². The molecule has 0 aliphatic heterocycles. The molecule has 10 heteroatoms. The molecule has 3 atom stereocenters. The maximum Gasteiger partial charge on any atom is 0.472 e. The average Bonchev–Trinajstić information content (AvgIpc) is 3.44. The number of quaternary nitrogens is 1. The van der Waals surface area contributed by atoms with E-state index >= 15 is 0 Å². The van der Waals surface area contributed by atoms with Crippen LogP contribution in [0.2, 0.25) is 0 Å². The number of esters is 1. The van der Waals surface area contributed by atoms with Gasteiger partial charge in [0.25, 0.3) is 0 Å². The first-order chi connectivity index (χ1) is 39.4. The molecular formula is C71H138N2O7P+. The van der Waals surface area contributed by atoms with Crippen molar-refractivity contribution < 1.29 is 37.3 Å². The summed E-state index contributed by atoms with van der Waals surface area (Å²) in [5.74, 6) is -0.486. The zero-order valence-electron chi connectivity index (χ0n) is 54.8. The van der Waals surface area contributed by atoms with Crippen molar-refractivity contribution in [3.8, 4) is 0 Å². The molecule has 0 aromatic carbocycles. The molecule has 0 heterocycles. The van der Waals surface area contributed by atoms with Gasteiger partial charge in [-0.2, -0.15) is 0 Å². The smallest absolute Gasteiger partial charge is 0.456 e. The van der Waals surface area contributed by atoms with E-state index in [9.17, 15) is 19.0 Å². The lowest BCUT2D eigenvalue weighted by Crippen LogP contribution is -2.47. The molecular weight excluding hydrogens is 1020 g/mol. The van der Waals surface area contributed by atoms with Crippen LogP contribution >= 0.6 is 7.82 Å². The van der Waals surface area contributed by atoms with Crippen LogP contribution in [0, 0.1) is 0 Å². The van der Waals surface area contributed by atoms with E-state index < -0.39 is 20.0 Å². The second-order valence-corrected chi connectivity index (χ2v) is 26.9. The summed E-state index contributed by atoms with van der Waals surface area (Å²) in [6.07, 6.45) is 75.8. The fourth-order valence-corrected chi connectivity index (χ4v) is 11.4. The molecule has 3 unspecified atom stereocenters. The van der Waals surface area contributed by atoms with E-state index in [0.29, 0.717) is 23.9 Å². The molecule has 0 bridgehead atoms. The van der Waals surface area contributed by atoms with Crippen LogP contribution in [-0.4, -0.2) is 74.3 Å². The number of hydrogen-bond acceptors (Lipinski definition) is 6. The van der Waals surface area contributed by atoms with Crippen molar-refractivity contribution in [1.29, 1.82) is 0 Å². The summed E-state index contributed by atoms with van der Waals surface area (Å²) >= 11 is 0. The molecule has 478 valence electrons. The fourth-order valence-electron chi connectivity index (χ4n) is 10.6. The number of hydrogen-bond donors (Lipinski definition) is 2. The molecule has 0 saturated heterocycles. The molecule has 0 spiro atoms. The van der Waals surface area contributed by atoms with Crippen molar-refractivity contribution in [3.05, 3.63) is 36.5 Å². The molecule has 81 heavy (non-hydrogen) atoms. The van der Waals surface area contributed by atoms with Crippen LogP contribution in [0.25, 0.3) is 0 Å². The first kappa shape index (κ1) is 79.2. The maximum absolute atomic E-state index is 13.6. The molecule has 0 fully saturated rings. The Labute approximate surface area is 504 Å². The van der Waals surface area contributed by atoms with Crippen LogP contribution in [0.5, 0.6) is 0 Å². The molecule has 0 aliphatic carbocycles. The van der Waals surface area contributed by atoms with Crippen LogP contribution in [0.4, 0.5) is 0 Å². The van der Waals surface area contributed by atoms with Gasteiger partial charge in [-0.1, -0.05) is 314 Å². The molecule has 0 radical (unpaired) electrons. The molecule has 0 aliphatic rings. The summed E-state index contributed by atoms with van der Waals surface area (Å²) in [6.45, 7) is 7.04. The quantitative estimate of drug-likeness (QED) is 0.0205. The van der Waals surface area contributed by atoms with Crippen molar-refractivity contribution in [2.75, 3.05) is 40.9 Å². The summed E-state index contributed by atoms with van der Waals surface area (Å²) in [5.41, 5.74) is 0. The van der Waals surface area contributed by atoms with E-state index in [1.165, 1.54) is 257 Å². The van der Waals surface area contributed by atoms with Gasteiger partial charge in [0.05, 0.1) is 33.8 Å². The second kappa shape index (κ2) is 61.3. The fraction of sp³-hybridized carbons (Fsp3) is 0.887. The summed E-state index contributed by atoms with van der Waals surface area (Å²) in [5, 5.41) is 3.07. The number of nitrogens with zero attached hydrogens (tertiary/aromatic N) is 1. The number of nitrogens with one attached hydrogen (secondary N) is 1. The normalized spacial score (nSPS) is 13.7. The van der Waals surface area contributed by atoms with Gasteiger partial charge in [-0.05, 0) is 63.9 Å². The number of likely N-dealkylation sites (N-methyl/N-ethyl adjacent to an activating group) is 1. The summed E-state index contributed by atoms with van der Waals surface area (Å²) < 4.78 is 30.8. The van der Waals surface area contributed by atoms with Gasteiger partial charge >= 0.3 is 13.8 Å². The van der Waals surface area contributed by atoms with Crippen LogP contribution in [-0.2, 0) is 27.9 Å². The second-order valence-electron chi connectivity index (χ2n) is 25.4. The standard InChI is InChI=1S/C71H137N2O7P/c1-7-10-13-16-19-22-25-27-29-31-33-35-36-38-40-42-44-46-49-52-55-58-61-64-71(75)80-69(62-59-56-53-50-47-24-21-18-15-12-9-3)68(67-79-81(76,77)78-66-65-73(4,5)6)72-70(74)63-60-57-54-51-48-45-43-41-39-37-34-32-30-28-26-23-20-17-14-11-8-2/h19,22,27,29,59,62,68-69H,7-18,20-21,23-26,28,30-58,60-61,63-67H2,1-6H3,(H-,72,74,76,77)/p+1/b22-19-,29-27-,62-59+. The van der Waals surface area contributed by atoms with E-state index in [1.807, 2.05) is 33.3 Å². The minimum Gasteiger partial charge on any atom is -0.456 e. The van der Waals surface area contributed by atoms with Gasteiger partial charge in [-0.15, -0.1) is 0 Å². The highest BCUT2D eigenvalue weighted by atomic mass is 31.2. The highest BCUT2D eigenvalue weighted by Gasteiger charge is 2.30. The van der Waals surface area contributed by atoms with E-state index in [-0.39, 0.29) is 25.1 Å². The lowest BCUT2D eigenvalue weighted by molar-refractivity contribution is -0.870. The Kier molecular flexibility index (Phi) is 60.0. The van der Waals surface area contributed by atoms with Crippen molar-refractivity contribution in [3.63, 3.8) is 0 Å². The zero-order valence-corrected chi connectivity index (χ0v) is 55.7. The van der Waals surface area contributed by atoms with Crippen molar-refractivity contribution in [2.45, 2.75) is 367 Å². The van der Waals surface area contributed by atoms with Crippen molar-refractivity contribution >= 4 is 19.7 Å². The van der Waals surface area contributed by atoms with Crippen LogP contribution in [0.1, 0.15) is 355 Å². The highest BCUT2D eigenvalue weighted by Crippen LogP contribution is 2.43. The number of carbonyl (C=O) groups excluding carboxylic acids is 2. The Morgan fingerprint density at radius 3 is 1.14 bits per heavy atom. The van der Waals surface area contributed by atoms with Gasteiger partial charge in [0, 0.05) is 12.8 Å². The number of allylic oxidation sites excluding steroid dienone is 5. The summed E-state index contributed by atoms with van der Waals surface area (Å²) in [7, 11) is 1.51. The predicted molar refractivity (Wildman–Crippen MR) is 351 cm³/mol. The van der Waals surface area contributed by atoms with E-state index in [0.717, 1.165) is 64.2 Å². The monoisotopic (exact) mass is 1160 g/mol. The maximum atomic E-state index is 13.6. The first-order valence-corrected chi connectivity index (χ1v) is 36.8. The molecule has 0 rings (SSSR count). The topological polar surface area (TPSA) is 111 Å². The van der Waals surface area contributed by atoms with Gasteiger partial charge in [0.2, 0.25) is 5.91 Å². The Bertz CT molecular complexity index is 1480. The predicted octanol–water partition coefficient (Wildman–Crippen LogP) is 22.2. The largest absolute Gasteiger partial charge is 0.472 e. The number of ether oxygens (including phenoxy) is 1. The summed E-state index contributed by atoms with van der Waals surface area (Å²) in [6, 6.07) is -0.844. The Morgan fingerprint density at radius 2 is 0.753 bits per heavy atom. The lowest BCUT2D eigenvalue weighted by Gasteiger charge is -2.27. The highest BCUT2D eigenvalue weighted by molar-refractivity contribution is 7.47. The number of unbranched alkanes of at least 4 members (excludes halogenated alkanes) is 45. The van der Waals surface area contributed by atoms with Gasteiger partial charge < -0.3 is 19.4 Å². The third-order valence-corrected chi connectivity index (χ3v) is 17.1. The van der Waals surface area contributed by atoms with Crippen LogP contribution in [0.15, 0.2) is 36.5 Å². The Morgan fingerprint density at radius 1 is 0.432 bits per heavy atom. The molecule has 9 nitrogen and oxygen atoms in total. The van der Waals surface area contributed by atoms with Crippen molar-refractivity contribution in [1.82, 2.24) is 5.32 Å². The molecule has 1 amide bonds. The SMILES string of the molecule is CCCCC/C=C\C/C=C\CCCCCCCCCCCCCCCC(=O)OC(/C=C/CCCCCCCCCCC)C(COP(=O)(O)OCC[N+](C)(C)C)NC(=O)CCCCCCCCCCCCCCCCCCCCCCC. The number of phosphoric acid groups is 1. The third-order valence-electron chi connectivity index (χ3n) is 16.1. The lowest BCUT2D eigenvalue weighted by atomic mass is 10.0. The minimum atomic E-state index is -4.45. The van der Waals surface area contributed by atoms with E-state index in [4.69, 9.17) is 13.8 Å². The average molecular weight is 1160 g/mol. The summed E-state index contributed by atoms with van der Waals surface area (Å²) in [4.78, 5) is 37.9. The molecule has 0 aromatic heterocycles. The molecule has 0 saturated carbocycles. The third kappa shape index (κ3) is 62.6. The molecule has 0 aromatic rings. The van der Waals surface area contributed by atoms with E-state index in [2.05, 4.69) is 50.4 Å². The zero-order chi connectivity index (χ0) is 59.3. The number of carbonyl (C=O) groups is 2. The Balaban J connectivity index is 5.01. The first-order valence-electron chi connectivity index (χ1n) is 35.3. The van der Waals surface area contributed by atoms with Crippen LogP contribution < -0.4 is 5.32 Å². The minimum absolute atomic E-state index is 0.0433. The van der Waals surface area contributed by atoms with Crippen LogP contribution in [0.3, 0.4) is 0 Å². The van der Waals surface area contributed by atoms with Gasteiger partial charge in [-0.3, -0.25) is 18.6 Å². The number of phosphoric ester groups is 1. The molecule has 2 N–H and O–H groups in total. The number of rotatable bonds is 65. The van der Waals surface area contributed by atoms with Gasteiger partial charge in [0.15, 0.2) is 0 Å². The van der Waals surface area contributed by atoms with Gasteiger partial charge in [-0.25, -0.2) is 4.57 Å².